The van der Waals surface area contributed by atoms with E-state index < -0.39 is 0 Å². The standard InChI is InChI=1S/C21H25NO4/c1-24-17-9-6-15(7-10-17)13-21(23)22-12-4-5-18(22)16-8-11-19(25-2)20(14-16)26-3/h6-11,14,18H,4-5,12-13H2,1-3H3/t18-/m1/s1. The normalized spacial score (nSPS) is 16.4. The van der Waals surface area contributed by atoms with Crippen LogP contribution >= 0.6 is 0 Å². The first-order valence-electron chi connectivity index (χ1n) is 8.80. The number of hydrogen-bond donors (Lipinski definition) is 0. The number of rotatable bonds is 6. The summed E-state index contributed by atoms with van der Waals surface area (Å²) in [6.07, 6.45) is 2.37. The average Bonchev–Trinajstić information content (AvgIpc) is 3.18. The van der Waals surface area contributed by atoms with Crippen molar-refractivity contribution < 1.29 is 19.0 Å². The molecule has 0 N–H and O–H groups in total. The van der Waals surface area contributed by atoms with Crippen molar-refractivity contribution in [3.05, 3.63) is 53.6 Å². The van der Waals surface area contributed by atoms with Gasteiger partial charge in [0.25, 0.3) is 0 Å². The topological polar surface area (TPSA) is 48.0 Å². The molecule has 0 unspecified atom stereocenters. The lowest BCUT2D eigenvalue weighted by molar-refractivity contribution is -0.131. The quantitative estimate of drug-likeness (QED) is 0.794. The van der Waals surface area contributed by atoms with Crippen molar-refractivity contribution in [1.29, 1.82) is 0 Å². The maximum atomic E-state index is 12.9. The molecule has 0 aliphatic carbocycles. The van der Waals surface area contributed by atoms with Crippen molar-refractivity contribution in [2.45, 2.75) is 25.3 Å². The van der Waals surface area contributed by atoms with Gasteiger partial charge in [-0.3, -0.25) is 4.79 Å². The largest absolute Gasteiger partial charge is 0.497 e. The first-order chi connectivity index (χ1) is 12.7. The SMILES string of the molecule is COc1ccc(CC(=O)N2CCC[C@@H]2c2ccc(OC)c(OC)c2)cc1. The second-order valence-corrected chi connectivity index (χ2v) is 6.38. The second kappa shape index (κ2) is 8.13. The van der Waals surface area contributed by atoms with Crippen molar-refractivity contribution in [2.24, 2.45) is 0 Å². The van der Waals surface area contributed by atoms with Crippen molar-refractivity contribution in [2.75, 3.05) is 27.9 Å². The Labute approximate surface area is 154 Å². The monoisotopic (exact) mass is 355 g/mol. The van der Waals surface area contributed by atoms with E-state index in [4.69, 9.17) is 14.2 Å². The smallest absolute Gasteiger partial charge is 0.227 e. The highest BCUT2D eigenvalue weighted by atomic mass is 16.5. The number of hydrogen-bond acceptors (Lipinski definition) is 4. The molecule has 1 aliphatic rings. The van der Waals surface area contributed by atoms with Crippen LogP contribution in [-0.2, 0) is 11.2 Å². The number of likely N-dealkylation sites (tertiary alicyclic amines) is 1. The van der Waals surface area contributed by atoms with Crippen LogP contribution < -0.4 is 14.2 Å². The predicted molar refractivity (Wildman–Crippen MR) is 99.9 cm³/mol. The lowest BCUT2D eigenvalue weighted by Crippen LogP contribution is -2.31. The molecule has 0 aromatic heterocycles. The summed E-state index contributed by atoms with van der Waals surface area (Å²) < 4.78 is 15.9. The van der Waals surface area contributed by atoms with Gasteiger partial charge in [0.05, 0.1) is 33.8 Å². The van der Waals surface area contributed by atoms with E-state index in [1.165, 1.54) is 0 Å². The van der Waals surface area contributed by atoms with Gasteiger partial charge in [-0.2, -0.15) is 0 Å². The predicted octanol–water partition coefficient (Wildman–Crippen LogP) is 3.62. The fourth-order valence-electron chi connectivity index (χ4n) is 3.49. The van der Waals surface area contributed by atoms with Crippen LogP contribution in [0, 0.1) is 0 Å². The van der Waals surface area contributed by atoms with Crippen LogP contribution in [0.2, 0.25) is 0 Å². The van der Waals surface area contributed by atoms with Gasteiger partial charge in [-0.05, 0) is 48.2 Å². The number of benzene rings is 2. The first-order valence-corrected chi connectivity index (χ1v) is 8.80. The minimum atomic E-state index is 0.0838. The van der Waals surface area contributed by atoms with E-state index in [0.717, 1.165) is 36.3 Å². The van der Waals surface area contributed by atoms with Crippen LogP contribution in [0.5, 0.6) is 17.2 Å². The van der Waals surface area contributed by atoms with E-state index in [2.05, 4.69) is 0 Å². The molecule has 0 spiro atoms. The van der Waals surface area contributed by atoms with Crippen LogP contribution in [0.25, 0.3) is 0 Å². The van der Waals surface area contributed by atoms with E-state index in [9.17, 15) is 4.79 Å². The molecule has 1 amide bonds. The molecular formula is C21H25NO4. The van der Waals surface area contributed by atoms with Gasteiger partial charge in [0.2, 0.25) is 5.91 Å². The van der Waals surface area contributed by atoms with Gasteiger partial charge < -0.3 is 19.1 Å². The Hall–Kier alpha value is -2.69. The highest BCUT2D eigenvalue weighted by Crippen LogP contribution is 2.37. The molecule has 5 heteroatoms. The van der Waals surface area contributed by atoms with E-state index >= 15 is 0 Å². The molecule has 1 fully saturated rings. The summed E-state index contributed by atoms with van der Waals surface area (Å²) in [5.41, 5.74) is 2.08. The lowest BCUT2D eigenvalue weighted by Gasteiger charge is -2.26. The van der Waals surface area contributed by atoms with Crippen molar-refractivity contribution in [3.63, 3.8) is 0 Å². The third-order valence-electron chi connectivity index (χ3n) is 4.88. The zero-order valence-corrected chi connectivity index (χ0v) is 15.5. The molecule has 5 nitrogen and oxygen atoms in total. The Morgan fingerprint density at radius 2 is 1.73 bits per heavy atom. The molecule has 26 heavy (non-hydrogen) atoms. The van der Waals surface area contributed by atoms with E-state index in [-0.39, 0.29) is 11.9 Å². The molecule has 0 radical (unpaired) electrons. The van der Waals surface area contributed by atoms with Gasteiger partial charge in [-0.1, -0.05) is 18.2 Å². The summed E-state index contributed by atoms with van der Waals surface area (Å²) >= 11 is 0. The molecule has 0 saturated carbocycles. The molecule has 0 bridgehead atoms. The van der Waals surface area contributed by atoms with Crippen molar-refractivity contribution in [3.8, 4) is 17.2 Å². The number of nitrogens with zero attached hydrogens (tertiary/aromatic N) is 1. The van der Waals surface area contributed by atoms with Gasteiger partial charge in [0.1, 0.15) is 5.75 Å². The molecular weight excluding hydrogens is 330 g/mol. The van der Waals surface area contributed by atoms with E-state index in [1.807, 2.05) is 47.4 Å². The Kier molecular flexibility index (Phi) is 5.66. The zero-order chi connectivity index (χ0) is 18.5. The highest BCUT2D eigenvalue weighted by molar-refractivity contribution is 5.79. The maximum absolute atomic E-state index is 12.9. The fraction of sp³-hybridized carbons (Fsp3) is 0.381. The molecule has 1 aliphatic heterocycles. The van der Waals surface area contributed by atoms with Gasteiger partial charge >= 0.3 is 0 Å². The summed E-state index contributed by atoms with van der Waals surface area (Å²) in [7, 11) is 4.89. The number of amides is 1. The second-order valence-electron chi connectivity index (χ2n) is 6.38. The maximum Gasteiger partial charge on any atom is 0.227 e. The molecule has 1 atom stereocenters. The van der Waals surface area contributed by atoms with Crippen molar-refractivity contribution >= 4 is 5.91 Å². The fourth-order valence-corrected chi connectivity index (χ4v) is 3.49. The molecule has 2 aromatic rings. The molecule has 138 valence electrons. The van der Waals surface area contributed by atoms with Gasteiger partial charge in [-0.15, -0.1) is 0 Å². The van der Waals surface area contributed by atoms with E-state index in [0.29, 0.717) is 17.9 Å². The minimum absolute atomic E-state index is 0.0838. The average molecular weight is 355 g/mol. The Balaban J connectivity index is 1.75. The van der Waals surface area contributed by atoms with Crippen molar-refractivity contribution in [1.82, 2.24) is 4.90 Å². The summed E-state index contributed by atoms with van der Waals surface area (Å²) in [4.78, 5) is 14.8. The summed E-state index contributed by atoms with van der Waals surface area (Å²) in [5, 5.41) is 0. The summed E-state index contributed by atoms with van der Waals surface area (Å²) in [6, 6.07) is 13.6. The van der Waals surface area contributed by atoms with E-state index in [1.54, 1.807) is 21.3 Å². The van der Waals surface area contributed by atoms with Crippen LogP contribution in [0.4, 0.5) is 0 Å². The zero-order valence-electron chi connectivity index (χ0n) is 15.5. The minimum Gasteiger partial charge on any atom is -0.497 e. The highest BCUT2D eigenvalue weighted by Gasteiger charge is 2.30. The van der Waals surface area contributed by atoms with Crippen LogP contribution in [0.1, 0.15) is 30.0 Å². The Morgan fingerprint density at radius 3 is 2.38 bits per heavy atom. The number of carbonyl (C=O) groups is 1. The molecule has 2 aromatic carbocycles. The number of ether oxygens (including phenoxy) is 3. The third kappa shape index (κ3) is 3.77. The van der Waals surface area contributed by atoms with Gasteiger partial charge in [0.15, 0.2) is 11.5 Å². The molecule has 1 saturated heterocycles. The van der Waals surface area contributed by atoms with Crippen LogP contribution in [0.3, 0.4) is 0 Å². The Morgan fingerprint density at radius 1 is 1.00 bits per heavy atom. The Bertz CT molecular complexity index is 757. The first kappa shape index (κ1) is 18.1. The van der Waals surface area contributed by atoms with Crippen LogP contribution in [0.15, 0.2) is 42.5 Å². The number of carbonyl (C=O) groups excluding carboxylic acids is 1. The summed E-state index contributed by atoms with van der Waals surface area (Å²) in [5.74, 6) is 2.34. The summed E-state index contributed by atoms with van der Waals surface area (Å²) in [6.45, 7) is 0.786. The van der Waals surface area contributed by atoms with Crippen LogP contribution in [-0.4, -0.2) is 38.7 Å². The van der Waals surface area contributed by atoms with Gasteiger partial charge in [-0.25, -0.2) is 0 Å². The lowest BCUT2D eigenvalue weighted by atomic mass is 10.0. The molecule has 3 rings (SSSR count). The van der Waals surface area contributed by atoms with Gasteiger partial charge in [0, 0.05) is 6.54 Å². The third-order valence-corrected chi connectivity index (χ3v) is 4.88. The number of methoxy groups -OCH3 is 3. The molecule has 1 heterocycles.